The smallest absolute Gasteiger partial charge is 0.451 e. The van der Waals surface area contributed by atoms with Gasteiger partial charge in [-0.15, -0.1) is 0 Å². The number of carboxylic acid groups (broad SMARTS) is 1. The fraction of sp³-hybridized carbons (Fsp3) is 0.833. The van der Waals surface area contributed by atoms with Crippen molar-refractivity contribution in [3.63, 3.8) is 0 Å². The van der Waals surface area contributed by atoms with E-state index in [0.29, 0.717) is 19.3 Å². The summed E-state index contributed by atoms with van der Waals surface area (Å²) in [4.78, 5) is 21.7. The van der Waals surface area contributed by atoms with E-state index in [1.54, 1.807) is 6.92 Å². The maximum absolute atomic E-state index is 11.2. The van der Waals surface area contributed by atoms with E-state index in [1.165, 1.54) is 0 Å². The molecule has 21 heavy (non-hydrogen) atoms. The molecule has 9 heteroatoms. The third kappa shape index (κ3) is 9.40. The Morgan fingerprint density at radius 3 is 2.43 bits per heavy atom. The highest BCUT2D eigenvalue weighted by atomic mass is 16.4. The SMILES string of the molecule is CC(N)C(=O)NC1CNC(C(=O)O)C1.CCCCB(O)O. The molecule has 122 valence electrons. The van der Waals surface area contributed by atoms with Gasteiger partial charge in [-0.05, 0) is 19.7 Å². The number of hydrogen-bond donors (Lipinski definition) is 6. The van der Waals surface area contributed by atoms with Crippen LogP contribution in [-0.2, 0) is 9.59 Å². The van der Waals surface area contributed by atoms with Gasteiger partial charge in [-0.3, -0.25) is 9.59 Å². The van der Waals surface area contributed by atoms with Crippen LogP contribution in [0, 0.1) is 0 Å². The fourth-order valence-corrected chi connectivity index (χ4v) is 1.75. The van der Waals surface area contributed by atoms with E-state index in [-0.39, 0.29) is 11.9 Å². The first-order valence-corrected chi connectivity index (χ1v) is 7.16. The van der Waals surface area contributed by atoms with Crippen LogP contribution in [0.4, 0.5) is 0 Å². The van der Waals surface area contributed by atoms with Crippen molar-refractivity contribution in [3.05, 3.63) is 0 Å². The van der Waals surface area contributed by atoms with Gasteiger partial charge in [0.25, 0.3) is 0 Å². The first kappa shape index (κ1) is 19.8. The highest BCUT2D eigenvalue weighted by Gasteiger charge is 2.30. The summed E-state index contributed by atoms with van der Waals surface area (Å²) in [5.74, 6) is -1.13. The first-order valence-electron chi connectivity index (χ1n) is 7.16. The lowest BCUT2D eigenvalue weighted by atomic mass is 9.84. The summed E-state index contributed by atoms with van der Waals surface area (Å²) in [7, 11) is -1.10. The van der Waals surface area contributed by atoms with Gasteiger partial charge in [-0.1, -0.05) is 19.8 Å². The minimum atomic E-state index is -1.10. The second-order valence-electron chi connectivity index (χ2n) is 5.15. The standard InChI is InChI=1S/C8H15N3O3.C4H11BO2/c1-4(9)7(12)11-5-2-6(8(13)14)10-3-5;1-2-3-4-5(6)7/h4-6,10H,2-3,9H2,1H3,(H,11,12)(H,13,14);6-7H,2-4H2,1H3. The second kappa shape index (κ2) is 10.6. The molecule has 1 saturated heterocycles. The summed E-state index contributed by atoms with van der Waals surface area (Å²) >= 11 is 0. The Morgan fingerprint density at radius 2 is 2.10 bits per heavy atom. The number of carbonyl (C=O) groups is 2. The van der Waals surface area contributed by atoms with Gasteiger partial charge in [-0.25, -0.2) is 0 Å². The second-order valence-corrected chi connectivity index (χ2v) is 5.15. The Hall–Kier alpha value is -1.16. The summed E-state index contributed by atoms with van der Waals surface area (Å²) < 4.78 is 0. The Labute approximate surface area is 125 Å². The molecule has 0 aliphatic carbocycles. The minimum absolute atomic E-state index is 0.130. The van der Waals surface area contributed by atoms with E-state index in [9.17, 15) is 9.59 Å². The van der Waals surface area contributed by atoms with Gasteiger partial charge in [0.15, 0.2) is 0 Å². The monoisotopic (exact) mass is 303 g/mol. The highest BCUT2D eigenvalue weighted by Crippen LogP contribution is 2.06. The zero-order valence-corrected chi connectivity index (χ0v) is 12.6. The van der Waals surface area contributed by atoms with Crippen molar-refractivity contribution in [2.75, 3.05) is 6.54 Å². The number of rotatable bonds is 6. The Morgan fingerprint density at radius 1 is 1.48 bits per heavy atom. The topological polar surface area (TPSA) is 145 Å². The maximum Gasteiger partial charge on any atom is 0.451 e. The Bertz CT molecular complexity index is 328. The van der Waals surface area contributed by atoms with Crippen LogP contribution >= 0.6 is 0 Å². The number of carboxylic acids is 1. The minimum Gasteiger partial charge on any atom is -0.480 e. The van der Waals surface area contributed by atoms with Crippen LogP contribution in [0.3, 0.4) is 0 Å². The number of nitrogens with one attached hydrogen (secondary N) is 2. The summed E-state index contributed by atoms with van der Waals surface area (Å²) in [6.45, 7) is 4.09. The number of nitrogens with two attached hydrogens (primary N) is 1. The van der Waals surface area contributed by atoms with Gasteiger partial charge >= 0.3 is 13.1 Å². The molecule has 0 aromatic rings. The molecule has 0 spiro atoms. The van der Waals surface area contributed by atoms with Gasteiger partial charge in [0, 0.05) is 12.6 Å². The molecule has 1 fully saturated rings. The molecule has 1 heterocycles. The lowest BCUT2D eigenvalue weighted by Crippen LogP contribution is -2.44. The van der Waals surface area contributed by atoms with Crippen molar-refractivity contribution in [3.8, 4) is 0 Å². The molecule has 1 rings (SSSR count). The Kier molecular flexibility index (Phi) is 9.97. The van der Waals surface area contributed by atoms with Crippen LogP contribution in [0.2, 0.25) is 6.32 Å². The third-order valence-corrected chi connectivity index (χ3v) is 3.00. The van der Waals surface area contributed by atoms with Crippen LogP contribution < -0.4 is 16.4 Å². The average Bonchev–Trinajstić information content (AvgIpc) is 2.85. The molecule has 0 bridgehead atoms. The molecule has 3 atom stereocenters. The number of amides is 1. The van der Waals surface area contributed by atoms with Crippen molar-refractivity contribution in [2.45, 2.75) is 57.6 Å². The van der Waals surface area contributed by atoms with Crippen molar-refractivity contribution in [1.82, 2.24) is 10.6 Å². The molecule has 8 nitrogen and oxygen atoms in total. The molecule has 7 N–H and O–H groups in total. The quantitative estimate of drug-likeness (QED) is 0.328. The van der Waals surface area contributed by atoms with E-state index in [0.717, 1.165) is 12.8 Å². The predicted octanol–water partition coefficient (Wildman–Crippen LogP) is -1.48. The fourth-order valence-electron chi connectivity index (χ4n) is 1.75. The predicted molar refractivity (Wildman–Crippen MR) is 79.5 cm³/mol. The van der Waals surface area contributed by atoms with Gasteiger partial charge in [0.05, 0.1) is 6.04 Å². The van der Waals surface area contributed by atoms with E-state index in [1.807, 2.05) is 6.92 Å². The van der Waals surface area contributed by atoms with Crippen LogP contribution in [0.25, 0.3) is 0 Å². The lowest BCUT2D eigenvalue weighted by Gasteiger charge is -2.13. The number of aliphatic carboxylic acids is 1. The molecule has 0 aromatic heterocycles. The summed E-state index contributed by atoms with van der Waals surface area (Å²) in [6.07, 6.45) is 2.85. The summed E-state index contributed by atoms with van der Waals surface area (Å²) in [5.41, 5.74) is 5.36. The van der Waals surface area contributed by atoms with Crippen LogP contribution in [-0.4, -0.2) is 58.8 Å². The molecule has 1 amide bonds. The van der Waals surface area contributed by atoms with Gasteiger partial charge in [0.2, 0.25) is 5.91 Å². The molecule has 1 aliphatic rings. The molecule has 3 unspecified atom stereocenters. The molecular weight excluding hydrogens is 277 g/mol. The number of unbranched alkanes of at least 4 members (excludes halogenated alkanes) is 1. The van der Waals surface area contributed by atoms with Crippen molar-refractivity contribution >= 4 is 19.0 Å². The van der Waals surface area contributed by atoms with Gasteiger partial charge < -0.3 is 31.5 Å². The molecule has 1 aliphatic heterocycles. The van der Waals surface area contributed by atoms with E-state index < -0.39 is 25.2 Å². The van der Waals surface area contributed by atoms with Crippen LogP contribution in [0.15, 0.2) is 0 Å². The van der Waals surface area contributed by atoms with E-state index in [2.05, 4.69) is 10.6 Å². The largest absolute Gasteiger partial charge is 0.480 e. The van der Waals surface area contributed by atoms with Gasteiger partial charge in [0.1, 0.15) is 6.04 Å². The first-order chi connectivity index (χ1) is 9.77. The lowest BCUT2D eigenvalue weighted by molar-refractivity contribution is -0.139. The van der Waals surface area contributed by atoms with Crippen LogP contribution in [0.1, 0.15) is 33.1 Å². The number of hydrogen-bond acceptors (Lipinski definition) is 6. The maximum atomic E-state index is 11.2. The van der Waals surface area contributed by atoms with Crippen LogP contribution in [0.5, 0.6) is 0 Å². The summed E-state index contributed by atoms with van der Waals surface area (Å²) in [6, 6.07) is -1.25. The number of carbonyl (C=O) groups excluding carboxylic acids is 1. The zero-order chi connectivity index (χ0) is 16.4. The Balaban J connectivity index is 0.000000486. The average molecular weight is 303 g/mol. The van der Waals surface area contributed by atoms with Crippen molar-refractivity contribution < 1.29 is 24.7 Å². The molecule has 0 aromatic carbocycles. The molecule has 0 radical (unpaired) electrons. The normalized spacial score (nSPS) is 22.0. The zero-order valence-electron chi connectivity index (χ0n) is 12.6. The molecule has 0 saturated carbocycles. The van der Waals surface area contributed by atoms with E-state index >= 15 is 0 Å². The van der Waals surface area contributed by atoms with Crippen molar-refractivity contribution in [1.29, 1.82) is 0 Å². The third-order valence-electron chi connectivity index (χ3n) is 3.00. The van der Waals surface area contributed by atoms with E-state index in [4.69, 9.17) is 20.9 Å². The van der Waals surface area contributed by atoms with Crippen molar-refractivity contribution in [2.24, 2.45) is 5.73 Å². The highest BCUT2D eigenvalue weighted by molar-refractivity contribution is 6.40. The molecular formula is C12H26BN3O5. The summed E-state index contributed by atoms with van der Waals surface area (Å²) in [5, 5.41) is 30.6. The van der Waals surface area contributed by atoms with Gasteiger partial charge in [-0.2, -0.15) is 0 Å².